The monoisotopic (exact) mass is 420 g/mol. The molecule has 116 valence electrons. The predicted molar refractivity (Wildman–Crippen MR) is 81.3 cm³/mol. The Morgan fingerprint density at radius 2 is 1.55 bits per heavy atom. The number of hydrogen-bond acceptors (Lipinski definition) is 4. The van der Waals surface area contributed by atoms with Crippen molar-refractivity contribution in [2.75, 3.05) is 0 Å². The molecule has 0 N–H and O–H groups in total. The van der Waals surface area contributed by atoms with Crippen LogP contribution in [0.25, 0.3) is 11.2 Å². The van der Waals surface area contributed by atoms with Gasteiger partial charge in [0.25, 0.3) is 0 Å². The molecule has 2 bridgehead atoms. The first-order chi connectivity index (χ1) is 10.2. The second kappa shape index (κ2) is 4.07. The van der Waals surface area contributed by atoms with Crippen molar-refractivity contribution in [3.05, 3.63) is 20.9 Å². The molecular formula is C14H12F3IN4. The van der Waals surface area contributed by atoms with E-state index in [4.69, 9.17) is 0 Å². The van der Waals surface area contributed by atoms with E-state index in [0.717, 1.165) is 11.4 Å². The van der Waals surface area contributed by atoms with Gasteiger partial charge in [-0.2, -0.15) is 13.2 Å². The van der Waals surface area contributed by atoms with Gasteiger partial charge >= 0.3 is 6.18 Å². The Morgan fingerprint density at radius 3 is 2.14 bits per heavy atom. The summed E-state index contributed by atoms with van der Waals surface area (Å²) in [5, 5.41) is 0. The topological polar surface area (TPSA) is 51.6 Å². The van der Waals surface area contributed by atoms with Gasteiger partial charge in [0, 0.05) is 28.0 Å². The normalized spacial score (nSPS) is 30.1. The van der Waals surface area contributed by atoms with E-state index >= 15 is 0 Å². The Balaban J connectivity index is 1.83. The number of alkyl halides is 3. The highest BCUT2D eigenvalue weighted by molar-refractivity contribution is 14.1. The van der Waals surface area contributed by atoms with Gasteiger partial charge in [-0.05, 0) is 33.1 Å². The Morgan fingerprint density at radius 1 is 0.955 bits per heavy atom. The minimum absolute atomic E-state index is 0.111. The first kappa shape index (κ1) is 14.5. The van der Waals surface area contributed by atoms with Crippen LogP contribution in [0, 0.1) is 23.1 Å². The van der Waals surface area contributed by atoms with E-state index in [1.54, 1.807) is 0 Å². The third-order valence-electron chi connectivity index (χ3n) is 5.05. The molecule has 3 saturated carbocycles. The predicted octanol–water partition coefficient (Wildman–Crippen LogP) is 3.63. The standard InChI is InChI=1S/C14H12F3IN4/c1-6-7(2)20-10-8(19-6)9(21-11(18)22-10)12-3-13(4-12,5-12)14(15,16)17/h3-5H2,1-2H3. The van der Waals surface area contributed by atoms with E-state index in [2.05, 4.69) is 19.9 Å². The van der Waals surface area contributed by atoms with Gasteiger partial charge in [-0.3, -0.25) is 0 Å². The van der Waals surface area contributed by atoms with Gasteiger partial charge in [0.1, 0.15) is 5.52 Å². The van der Waals surface area contributed by atoms with Crippen molar-refractivity contribution in [2.24, 2.45) is 5.41 Å². The lowest BCUT2D eigenvalue weighted by Crippen LogP contribution is -2.70. The van der Waals surface area contributed by atoms with E-state index < -0.39 is 17.0 Å². The van der Waals surface area contributed by atoms with Gasteiger partial charge in [-0.1, -0.05) is 0 Å². The van der Waals surface area contributed by atoms with Crippen molar-refractivity contribution in [3.8, 4) is 0 Å². The average Bonchev–Trinajstić information content (AvgIpc) is 2.26. The number of aromatic nitrogens is 4. The Bertz CT molecular complexity index is 798. The van der Waals surface area contributed by atoms with Crippen LogP contribution in [0.1, 0.15) is 36.3 Å². The molecule has 3 aliphatic carbocycles. The number of hydrogen-bond donors (Lipinski definition) is 0. The molecule has 0 saturated heterocycles. The highest BCUT2D eigenvalue weighted by Gasteiger charge is 2.79. The first-order valence-corrected chi connectivity index (χ1v) is 7.99. The van der Waals surface area contributed by atoms with Gasteiger partial charge in [0.2, 0.25) is 0 Å². The van der Waals surface area contributed by atoms with Crippen LogP contribution in [0.4, 0.5) is 13.2 Å². The molecule has 0 amide bonds. The van der Waals surface area contributed by atoms with Crippen LogP contribution in [0.2, 0.25) is 0 Å². The molecule has 2 aromatic rings. The lowest BCUT2D eigenvalue weighted by Gasteiger charge is -2.70. The highest BCUT2D eigenvalue weighted by atomic mass is 127. The van der Waals surface area contributed by atoms with Crippen LogP contribution in [0.5, 0.6) is 0 Å². The Labute approximate surface area is 138 Å². The maximum absolute atomic E-state index is 13.1. The van der Waals surface area contributed by atoms with Crippen molar-refractivity contribution < 1.29 is 13.2 Å². The smallest absolute Gasteiger partial charge is 0.246 e. The molecule has 0 unspecified atom stereocenters. The van der Waals surface area contributed by atoms with Gasteiger partial charge in [-0.25, -0.2) is 19.9 Å². The van der Waals surface area contributed by atoms with E-state index in [1.807, 2.05) is 36.4 Å². The van der Waals surface area contributed by atoms with E-state index in [9.17, 15) is 13.2 Å². The molecule has 2 heterocycles. The van der Waals surface area contributed by atoms with Crippen LogP contribution in [0.15, 0.2) is 0 Å². The number of fused-ring (bicyclic) bond motifs is 1. The molecule has 0 spiro atoms. The number of rotatable bonds is 1. The van der Waals surface area contributed by atoms with Crippen LogP contribution < -0.4 is 0 Å². The lowest BCUT2D eigenvalue weighted by atomic mass is 9.34. The minimum Gasteiger partial charge on any atom is -0.246 e. The zero-order valence-electron chi connectivity index (χ0n) is 11.9. The quantitative estimate of drug-likeness (QED) is 0.523. The summed E-state index contributed by atoms with van der Waals surface area (Å²) in [5.41, 5.74) is 1.22. The largest absolute Gasteiger partial charge is 0.394 e. The average molecular weight is 420 g/mol. The molecule has 0 atom stereocenters. The fourth-order valence-corrected chi connectivity index (χ4v) is 4.26. The highest BCUT2D eigenvalue weighted by Crippen LogP contribution is 2.78. The molecule has 4 nitrogen and oxygen atoms in total. The van der Waals surface area contributed by atoms with Crippen molar-refractivity contribution in [1.29, 1.82) is 0 Å². The van der Waals surface area contributed by atoms with Gasteiger partial charge in [0.05, 0.1) is 22.5 Å². The maximum Gasteiger partial charge on any atom is 0.394 e. The number of nitrogens with zero attached hydrogens (tertiary/aromatic N) is 4. The Hall–Kier alpha value is -1.06. The minimum atomic E-state index is -4.12. The molecule has 8 heteroatoms. The zero-order chi connectivity index (χ0) is 15.9. The summed E-state index contributed by atoms with van der Waals surface area (Å²) in [7, 11) is 0. The molecule has 3 fully saturated rings. The Kier molecular flexibility index (Phi) is 2.69. The molecule has 0 radical (unpaired) electrons. The van der Waals surface area contributed by atoms with E-state index in [-0.39, 0.29) is 19.3 Å². The molecule has 0 aromatic carbocycles. The SMILES string of the molecule is Cc1nc2nc(I)nc(C34CC(C(F)(F)F)(C3)C4)c2nc1C. The molecule has 2 aromatic heterocycles. The number of halogens is 4. The second-order valence-corrected chi connectivity index (χ2v) is 7.46. The van der Waals surface area contributed by atoms with Crippen LogP contribution in [-0.2, 0) is 5.41 Å². The lowest BCUT2D eigenvalue weighted by molar-refractivity contribution is -0.337. The van der Waals surface area contributed by atoms with Gasteiger partial charge in [0.15, 0.2) is 9.48 Å². The number of aryl methyl sites for hydroxylation is 2. The summed E-state index contributed by atoms with van der Waals surface area (Å²) in [4.78, 5) is 17.6. The summed E-state index contributed by atoms with van der Waals surface area (Å²) < 4.78 is 39.7. The van der Waals surface area contributed by atoms with Gasteiger partial charge < -0.3 is 0 Å². The van der Waals surface area contributed by atoms with Crippen molar-refractivity contribution in [3.63, 3.8) is 0 Å². The molecule has 0 aliphatic heterocycles. The van der Waals surface area contributed by atoms with Gasteiger partial charge in [-0.15, -0.1) is 0 Å². The molecule has 5 rings (SSSR count). The molecule has 22 heavy (non-hydrogen) atoms. The fourth-order valence-electron chi connectivity index (χ4n) is 3.80. The van der Waals surface area contributed by atoms with Crippen molar-refractivity contribution in [2.45, 2.75) is 44.7 Å². The van der Waals surface area contributed by atoms with Crippen LogP contribution in [0.3, 0.4) is 0 Å². The van der Waals surface area contributed by atoms with Crippen LogP contribution >= 0.6 is 22.6 Å². The second-order valence-electron chi connectivity index (χ2n) is 6.50. The van der Waals surface area contributed by atoms with Crippen LogP contribution in [-0.4, -0.2) is 26.1 Å². The summed E-state index contributed by atoms with van der Waals surface area (Å²) in [6, 6.07) is 0. The summed E-state index contributed by atoms with van der Waals surface area (Å²) in [5.74, 6) is 0. The third kappa shape index (κ3) is 1.70. The van der Waals surface area contributed by atoms with Crippen molar-refractivity contribution >= 4 is 33.8 Å². The zero-order valence-corrected chi connectivity index (χ0v) is 14.1. The fraction of sp³-hybridized carbons (Fsp3) is 0.571. The first-order valence-electron chi connectivity index (χ1n) is 6.92. The summed E-state index contributed by atoms with van der Waals surface area (Å²) in [6.07, 6.45) is -3.79. The molecular weight excluding hydrogens is 408 g/mol. The van der Waals surface area contributed by atoms with E-state index in [0.29, 0.717) is 20.7 Å². The summed E-state index contributed by atoms with van der Waals surface area (Å²) >= 11 is 1.98. The van der Waals surface area contributed by atoms with Crippen molar-refractivity contribution in [1.82, 2.24) is 19.9 Å². The van der Waals surface area contributed by atoms with E-state index in [1.165, 1.54) is 0 Å². The maximum atomic E-state index is 13.1. The third-order valence-corrected chi connectivity index (χ3v) is 5.53. The summed E-state index contributed by atoms with van der Waals surface area (Å²) in [6.45, 7) is 3.68. The molecule has 3 aliphatic rings.